The van der Waals surface area contributed by atoms with Crippen LogP contribution in [0.4, 0.5) is 5.82 Å². The summed E-state index contributed by atoms with van der Waals surface area (Å²) in [5.41, 5.74) is 0.436. The fraction of sp³-hybridized carbons (Fsp3) is 0.412. The van der Waals surface area contributed by atoms with Gasteiger partial charge in [0.05, 0.1) is 0 Å². The number of nitrogens with zero attached hydrogens (tertiary/aromatic N) is 1. The van der Waals surface area contributed by atoms with Crippen molar-refractivity contribution in [1.29, 1.82) is 0 Å². The number of carboxylic acids is 1. The second-order valence-electron chi connectivity index (χ2n) is 6.63. The molecule has 21 heavy (non-hydrogen) atoms. The largest absolute Gasteiger partial charge is 0.477 e. The van der Waals surface area contributed by atoms with E-state index in [4.69, 9.17) is 0 Å². The third kappa shape index (κ3) is 2.84. The molecule has 3 rings (SSSR count). The van der Waals surface area contributed by atoms with Gasteiger partial charge in [-0.25, -0.2) is 9.78 Å². The van der Waals surface area contributed by atoms with E-state index in [0.29, 0.717) is 17.3 Å². The number of nitrogens with one attached hydrogen (secondary N) is 1. The molecule has 0 aliphatic heterocycles. The van der Waals surface area contributed by atoms with E-state index < -0.39 is 5.97 Å². The van der Waals surface area contributed by atoms with Gasteiger partial charge in [0.2, 0.25) is 0 Å². The van der Waals surface area contributed by atoms with Gasteiger partial charge in [0.15, 0.2) is 5.69 Å². The van der Waals surface area contributed by atoms with Gasteiger partial charge in [0.25, 0.3) is 0 Å². The molecule has 1 saturated carbocycles. The van der Waals surface area contributed by atoms with Crippen molar-refractivity contribution < 1.29 is 9.90 Å². The van der Waals surface area contributed by atoms with Crippen molar-refractivity contribution in [3.8, 4) is 0 Å². The Balaban J connectivity index is 1.98. The van der Waals surface area contributed by atoms with E-state index in [1.807, 2.05) is 24.3 Å². The van der Waals surface area contributed by atoms with E-state index in [1.54, 1.807) is 6.07 Å². The Morgan fingerprint density at radius 2 is 2.14 bits per heavy atom. The molecule has 1 unspecified atom stereocenters. The predicted octanol–water partition coefficient (Wildman–Crippen LogP) is 3.92. The lowest BCUT2D eigenvalue weighted by Crippen LogP contribution is -2.19. The zero-order valence-electron chi connectivity index (χ0n) is 12.4. The van der Waals surface area contributed by atoms with Crippen molar-refractivity contribution in [3.05, 3.63) is 36.0 Å². The first-order valence-corrected chi connectivity index (χ1v) is 7.34. The molecule has 2 aromatic rings. The number of carboxylic acid groups (broad SMARTS) is 1. The van der Waals surface area contributed by atoms with E-state index in [9.17, 15) is 9.90 Å². The van der Waals surface area contributed by atoms with Crippen LogP contribution in [0.25, 0.3) is 10.8 Å². The Hall–Kier alpha value is -2.10. The van der Waals surface area contributed by atoms with Crippen molar-refractivity contribution in [3.63, 3.8) is 0 Å². The lowest BCUT2D eigenvalue weighted by molar-refractivity contribution is 0.0691. The van der Waals surface area contributed by atoms with Crippen LogP contribution in [-0.4, -0.2) is 22.1 Å². The van der Waals surface area contributed by atoms with E-state index in [2.05, 4.69) is 24.1 Å². The molecular formula is C17H20N2O2. The van der Waals surface area contributed by atoms with Crippen molar-refractivity contribution in [1.82, 2.24) is 4.98 Å². The minimum atomic E-state index is -0.990. The van der Waals surface area contributed by atoms with Crippen molar-refractivity contribution >= 4 is 22.6 Å². The van der Waals surface area contributed by atoms with Crippen LogP contribution < -0.4 is 5.32 Å². The summed E-state index contributed by atoms with van der Waals surface area (Å²) in [6, 6.07) is 9.76. The number of anilines is 1. The Labute approximate surface area is 124 Å². The highest BCUT2D eigenvalue weighted by molar-refractivity contribution is 5.97. The zero-order chi connectivity index (χ0) is 15.0. The third-order valence-corrected chi connectivity index (χ3v) is 4.27. The van der Waals surface area contributed by atoms with Gasteiger partial charge in [-0.3, -0.25) is 0 Å². The quantitative estimate of drug-likeness (QED) is 0.896. The first-order valence-electron chi connectivity index (χ1n) is 7.34. The molecule has 0 saturated heterocycles. The molecule has 1 aliphatic carbocycles. The molecule has 4 nitrogen and oxygen atoms in total. The topological polar surface area (TPSA) is 62.2 Å². The van der Waals surface area contributed by atoms with Gasteiger partial charge in [0, 0.05) is 11.4 Å². The van der Waals surface area contributed by atoms with E-state index in [-0.39, 0.29) is 5.69 Å². The molecule has 1 heterocycles. The predicted molar refractivity (Wildman–Crippen MR) is 83.7 cm³/mol. The second kappa shape index (κ2) is 5.02. The number of aromatic carboxylic acids is 1. The van der Waals surface area contributed by atoms with Gasteiger partial charge in [-0.15, -0.1) is 0 Å². The average Bonchev–Trinajstić information content (AvgIpc) is 2.77. The van der Waals surface area contributed by atoms with Crippen LogP contribution in [0.5, 0.6) is 0 Å². The van der Waals surface area contributed by atoms with Gasteiger partial charge in [-0.1, -0.05) is 38.1 Å². The van der Waals surface area contributed by atoms with Crippen LogP contribution in [0, 0.1) is 5.41 Å². The fourth-order valence-electron chi connectivity index (χ4n) is 3.17. The third-order valence-electron chi connectivity index (χ3n) is 4.27. The molecule has 1 fully saturated rings. The number of benzene rings is 1. The number of carbonyl (C=O) groups is 1. The first kappa shape index (κ1) is 13.9. The highest BCUT2D eigenvalue weighted by atomic mass is 16.4. The number of aromatic nitrogens is 1. The Bertz CT molecular complexity index is 694. The van der Waals surface area contributed by atoms with Gasteiger partial charge in [-0.2, -0.15) is 0 Å². The van der Waals surface area contributed by atoms with Crippen molar-refractivity contribution in [2.75, 3.05) is 5.32 Å². The molecule has 0 amide bonds. The second-order valence-corrected chi connectivity index (χ2v) is 6.63. The highest BCUT2D eigenvalue weighted by Crippen LogP contribution is 2.38. The minimum Gasteiger partial charge on any atom is -0.477 e. The fourth-order valence-corrected chi connectivity index (χ4v) is 3.17. The monoisotopic (exact) mass is 284 g/mol. The Morgan fingerprint density at radius 3 is 2.81 bits per heavy atom. The lowest BCUT2D eigenvalue weighted by atomic mass is 9.92. The molecule has 1 atom stereocenters. The number of pyridine rings is 1. The maximum atomic E-state index is 11.2. The summed E-state index contributed by atoms with van der Waals surface area (Å²) in [4.78, 5) is 15.5. The van der Waals surface area contributed by atoms with Gasteiger partial charge >= 0.3 is 5.97 Å². The van der Waals surface area contributed by atoms with Gasteiger partial charge < -0.3 is 10.4 Å². The van der Waals surface area contributed by atoms with Crippen LogP contribution in [0.15, 0.2) is 30.3 Å². The molecule has 0 bridgehead atoms. The van der Waals surface area contributed by atoms with E-state index in [0.717, 1.165) is 23.6 Å². The Kier molecular flexibility index (Phi) is 3.32. The van der Waals surface area contributed by atoms with Crippen molar-refractivity contribution in [2.45, 2.75) is 39.2 Å². The molecule has 0 radical (unpaired) electrons. The van der Waals surface area contributed by atoms with Crippen LogP contribution in [0.1, 0.15) is 43.6 Å². The molecule has 4 heteroatoms. The summed E-state index contributed by atoms with van der Waals surface area (Å²) in [6.07, 6.45) is 3.36. The van der Waals surface area contributed by atoms with Crippen LogP contribution in [0.3, 0.4) is 0 Å². The molecule has 110 valence electrons. The summed E-state index contributed by atoms with van der Waals surface area (Å²) in [7, 11) is 0. The van der Waals surface area contributed by atoms with E-state index in [1.165, 1.54) is 6.42 Å². The van der Waals surface area contributed by atoms with Gasteiger partial charge in [-0.05, 0) is 36.1 Å². The van der Waals surface area contributed by atoms with Crippen molar-refractivity contribution in [2.24, 2.45) is 5.41 Å². The summed E-state index contributed by atoms with van der Waals surface area (Å²) in [5, 5.41) is 14.6. The number of fused-ring (bicyclic) bond motifs is 1. The number of hydrogen-bond acceptors (Lipinski definition) is 3. The molecule has 0 spiro atoms. The Morgan fingerprint density at radius 1 is 1.38 bits per heavy atom. The SMILES string of the molecule is CC1(C)CCC(Nc2nc(C(=O)O)cc3ccccc23)C1. The lowest BCUT2D eigenvalue weighted by Gasteiger charge is -2.19. The smallest absolute Gasteiger partial charge is 0.354 e. The van der Waals surface area contributed by atoms with Crippen LogP contribution >= 0.6 is 0 Å². The molecule has 1 aromatic heterocycles. The number of rotatable bonds is 3. The summed E-state index contributed by atoms with van der Waals surface area (Å²) in [5.74, 6) is -0.302. The highest BCUT2D eigenvalue weighted by Gasteiger charge is 2.31. The zero-order valence-corrected chi connectivity index (χ0v) is 12.4. The average molecular weight is 284 g/mol. The summed E-state index contributed by atoms with van der Waals surface area (Å²) >= 11 is 0. The first-order chi connectivity index (χ1) is 9.94. The molecular weight excluding hydrogens is 264 g/mol. The van der Waals surface area contributed by atoms with E-state index >= 15 is 0 Å². The maximum absolute atomic E-state index is 11.2. The maximum Gasteiger partial charge on any atom is 0.354 e. The summed E-state index contributed by atoms with van der Waals surface area (Å²) in [6.45, 7) is 4.54. The summed E-state index contributed by atoms with van der Waals surface area (Å²) < 4.78 is 0. The van der Waals surface area contributed by atoms with Crippen LogP contribution in [-0.2, 0) is 0 Å². The van der Waals surface area contributed by atoms with Gasteiger partial charge in [0.1, 0.15) is 5.82 Å². The standard InChI is InChI=1S/C17H20N2O2/c1-17(2)8-7-12(10-17)18-15-13-6-4-3-5-11(13)9-14(19-15)16(20)21/h3-6,9,12H,7-8,10H2,1-2H3,(H,18,19)(H,20,21). The minimum absolute atomic E-state index is 0.0912. The number of hydrogen-bond donors (Lipinski definition) is 2. The normalized spacial score (nSPS) is 20.6. The molecule has 1 aliphatic rings. The molecule has 1 aromatic carbocycles. The van der Waals surface area contributed by atoms with Crippen LogP contribution in [0.2, 0.25) is 0 Å². The molecule has 2 N–H and O–H groups in total.